The van der Waals surface area contributed by atoms with Crippen LogP contribution < -0.4 is 0 Å². The van der Waals surface area contributed by atoms with Crippen molar-refractivity contribution >= 4 is 16.0 Å². The molecular formula is C11H17N3O4S. The third-order valence-electron chi connectivity index (χ3n) is 3.50. The molecule has 1 aromatic heterocycles. The number of carboxylic acid groups (broad SMARTS) is 1. The molecule has 0 bridgehead atoms. The van der Waals surface area contributed by atoms with Gasteiger partial charge in [-0.1, -0.05) is 0 Å². The molecule has 0 saturated carbocycles. The minimum atomic E-state index is -3.80. The Labute approximate surface area is 111 Å². The maximum atomic E-state index is 12.6. The van der Waals surface area contributed by atoms with Gasteiger partial charge in [-0.3, -0.25) is 9.48 Å². The summed E-state index contributed by atoms with van der Waals surface area (Å²) in [4.78, 5) is 11.3. The fraction of sp³-hybridized carbons (Fsp3) is 0.636. The van der Waals surface area contributed by atoms with Crippen LogP contribution in [0.2, 0.25) is 0 Å². The first-order chi connectivity index (χ1) is 8.76. The Kier molecular flexibility index (Phi) is 3.40. The van der Waals surface area contributed by atoms with Gasteiger partial charge in [0.25, 0.3) is 0 Å². The molecule has 0 aliphatic carbocycles. The van der Waals surface area contributed by atoms with Gasteiger partial charge in [-0.2, -0.15) is 9.40 Å². The van der Waals surface area contributed by atoms with Crippen LogP contribution in [-0.2, 0) is 21.9 Å². The molecule has 0 amide bonds. The normalized spacial score (nSPS) is 20.9. The van der Waals surface area contributed by atoms with Crippen molar-refractivity contribution in [2.45, 2.75) is 37.6 Å². The maximum Gasteiger partial charge on any atom is 0.322 e. The van der Waals surface area contributed by atoms with E-state index in [4.69, 9.17) is 5.11 Å². The SMILES string of the molecule is Cc1nn(C)c(C)c1S(=O)(=O)N1CCC[C@H]1C(=O)O. The van der Waals surface area contributed by atoms with E-state index in [0.717, 1.165) is 4.31 Å². The number of carboxylic acids is 1. The Morgan fingerprint density at radius 3 is 2.53 bits per heavy atom. The van der Waals surface area contributed by atoms with Crippen LogP contribution >= 0.6 is 0 Å². The molecule has 7 nitrogen and oxygen atoms in total. The minimum absolute atomic E-state index is 0.128. The first-order valence-electron chi connectivity index (χ1n) is 6.01. The highest BCUT2D eigenvalue weighted by Crippen LogP contribution is 2.29. The summed E-state index contributed by atoms with van der Waals surface area (Å²) in [6.07, 6.45) is 0.918. The van der Waals surface area contributed by atoms with Gasteiger partial charge in [0.2, 0.25) is 10.0 Å². The topological polar surface area (TPSA) is 92.5 Å². The van der Waals surface area contributed by atoms with E-state index in [0.29, 0.717) is 24.2 Å². The van der Waals surface area contributed by atoms with Crippen LogP contribution in [0.25, 0.3) is 0 Å². The van der Waals surface area contributed by atoms with Crippen LogP contribution in [0.15, 0.2) is 4.90 Å². The highest BCUT2D eigenvalue weighted by Gasteiger charge is 2.41. The minimum Gasteiger partial charge on any atom is -0.480 e. The van der Waals surface area contributed by atoms with E-state index in [9.17, 15) is 13.2 Å². The largest absolute Gasteiger partial charge is 0.480 e. The van der Waals surface area contributed by atoms with E-state index in [2.05, 4.69) is 5.10 Å². The number of aryl methyl sites for hydroxylation is 2. The number of sulfonamides is 1. The lowest BCUT2D eigenvalue weighted by atomic mass is 10.2. The van der Waals surface area contributed by atoms with Gasteiger partial charge in [0.15, 0.2) is 0 Å². The average molecular weight is 287 g/mol. The quantitative estimate of drug-likeness (QED) is 0.861. The molecule has 2 heterocycles. The van der Waals surface area contributed by atoms with E-state index >= 15 is 0 Å². The predicted molar refractivity (Wildman–Crippen MR) is 67.2 cm³/mol. The first-order valence-corrected chi connectivity index (χ1v) is 7.45. The van der Waals surface area contributed by atoms with E-state index < -0.39 is 22.0 Å². The molecule has 0 unspecified atom stereocenters. The molecule has 1 aromatic rings. The highest BCUT2D eigenvalue weighted by atomic mass is 32.2. The molecule has 2 rings (SSSR count). The number of aromatic nitrogens is 2. The van der Waals surface area contributed by atoms with Gasteiger partial charge in [0.05, 0.1) is 11.4 Å². The Hall–Kier alpha value is -1.41. The van der Waals surface area contributed by atoms with Gasteiger partial charge in [-0.15, -0.1) is 0 Å². The number of aliphatic carboxylic acids is 1. The summed E-state index contributed by atoms with van der Waals surface area (Å²) in [5, 5.41) is 13.2. The van der Waals surface area contributed by atoms with E-state index in [1.54, 1.807) is 20.9 Å². The van der Waals surface area contributed by atoms with Crippen molar-refractivity contribution in [3.63, 3.8) is 0 Å². The van der Waals surface area contributed by atoms with Gasteiger partial charge < -0.3 is 5.11 Å². The molecular weight excluding hydrogens is 270 g/mol. The second-order valence-corrected chi connectivity index (χ2v) is 6.56. The zero-order valence-electron chi connectivity index (χ0n) is 11.1. The van der Waals surface area contributed by atoms with Crippen molar-refractivity contribution in [1.29, 1.82) is 0 Å². The van der Waals surface area contributed by atoms with Gasteiger partial charge in [-0.05, 0) is 26.7 Å². The summed E-state index contributed by atoms with van der Waals surface area (Å²) < 4.78 is 27.8. The molecule has 1 N–H and O–H groups in total. The van der Waals surface area contributed by atoms with Crippen molar-refractivity contribution in [3.8, 4) is 0 Å². The monoisotopic (exact) mass is 287 g/mol. The predicted octanol–water partition coefficient (Wildman–Crippen LogP) is 0.275. The van der Waals surface area contributed by atoms with E-state index in [1.165, 1.54) is 4.68 Å². The molecule has 1 aliphatic heterocycles. The molecule has 106 valence electrons. The first kappa shape index (κ1) is 14.0. The van der Waals surface area contributed by atoms with Gasteiger partial charge >= 0.3 is 5.97 Å². The second-order valence-electron chi connectivity index (χ2n) is 4.74. The second kappa shape index (κ2) is 4.61. The fourth-order valence-corrected chi connectivity index (χ4v) is 4.57. The molecule has 1 saturated heterocycles. The fourth-order valence-electron chi connectivity index (χ4n) is 2.52. The van der Waals surface area contributed by atoms with E-state index in [-0.39, 0.29) is 11.4 Å². The molecule has 0 spiro atoms. The van der Waals surface area contributed by atoms with Crippen LogP contribution in [0.3, 0.4) is 0 Å². The van der Waals surface area contributed by atoms with Crippen molar-refractivity contribution < 1.29 is 18.3 Å². The lowest BCUT2D eigenvalue weighted by molar-refractivity contribution is -0.140. The maximum absolute atomic E-state index is 12.6. The summed E-state index contributed by atoms with van der Waals surface area (Å²) in [7, 11) is -2.14. The van der Waals surface area contributed by atoms with E-state index in [1.807, 2.05) is 0 Å². The van der Waals surface area contributed by atoms with Crippen LogP contribution in [0.5, 0.6) is 0 Å². The molecule has 1 aliphatic rings. The van der Waals surface area contributed by atoms with Crippen LogP contribution in [-0.4, -0.2) is 46.2 Å². The smallest absolute Gasteiger partial charge is 0.322 e. The average Bonchev–Trinajstić information content (AvgIpc) is 2.85. The van der Waals surface area contributed by atoms with Crippen molar-refractivity contribution in [2.24, 2.45) is 7.05 Å². The van der Waals surface area contributed by atoms with Gasteiger partial charge in [0.1, 0.15) is 10.9 Å². The Morgan fingerprint density at radius 1 is 1.42 bits per heavy atom. The van der Waals surface area contributed by atoms with Gasteiger partial charge in [-0.25, -0.2) is 8.42 Å². The standard InChI is InChI=1S/C11H17N3O4S/c1-7-10(8(2)13(3)12-7)19(17,18)14-6-4-5-9(14)11(15)16/h9H,4-6H2,1-3H3,(H,15,16)/t9-/m0/s1. The lowest BCUT2D eigenvalue weighted by Crippen LogP contribution is -2.40. The Morgan fingerprint density at radius 2 is 2.05 bits per heavy atom. The molecule has 1 atom stereocenters. The summed E-state index contributed by atoms with van der Waals surface area (Å²) in [6.45, 7) is 3.53. The number of hydrogen-bond acceptors (Lipinski definition) is 4. The molecule has 0 aromatic carbocycles. The van der Waals surface area contributed by atoms with Crippen molar-refractivity contribution in [3.05, 3.63) is 11.4 Å². The molecule has 0 radical (unpaired) electrons. The zero-order chi connectivity index (χ0) is 14.4. The van der Waals surface area contributed by atoms with Crippen molar-refractivity contribution in [1.82, 2.24) is 14.1 Å². The molecule has 8 heteroatoms. The summed E-state index contributed by atoms with van der Waals surface area (Å²) in [6, 6.07) is -0.969. The lowest BCUT2D eigenvalue weighted by Gasteiger charge is -2.21. The molecule has 19 heavy (non-hydrogen) atoms. The third kappa shape index (κ3) is 2.14. The number of rotatable bonds is 3. The Bertz CT molecular complexity index is 620. The summed E-state index contributed by atoms with van der Waals surface area (Å²) >= 11 is 0. The zero-order valence-corrected chi connectivity index (χ0v) is 11.9. The number of hydrogen-bond donors (Lipinski definition) is 1. The highest BCUT2D eigenvalue weighted by molar-refractivity contribution is 7.89. The van der Waals surface area contributed by atoms with Crippen LogP contribution in [0.4, 0.5) is 0 Å². The summed E-state index contributed by atoms with van der Waals surface area (Å²) in [5.74, 6) is -1.10. The van der Waals surface area contributed by atoms with Crippen LogP contribution in [0.1, 0.15) is 24.2 Å². The Balaban J connectivity index is 2.51. The number of carbonyl (C=O) groups is 1. The third-order valence-corrected chi connectivity index (χ3v) is 5.66. The summed E-state index contributed by atoms with van der Waals surface area (Å²) in [5.41, 5.74) is 0.921. The van der Waals surface area contributed by atoms with Gasteiger partial charge in [0, 0.05) is 13.6 Å². The molecule has 1 fully saturated rings. The van der Waals surface area contributed by atoms with Crippen molar-refractivity contribution in [2.75, 3.05) is 6.54 Å². The number of nitrogens with zero attached hydrogens (tertiary/aromatic N) is 3. The van der Waals surface area contributed by atoms with Crippen LogP contribution in [0, 0.1) is 13.8 Å².